The van der Waals surface area contributed by atoms with E-state index in [1.807, 2.05) is 13.8 Å². The van der Waals surface area contributed by atoms with Crippen molar-refractivity contribution in [1.29, 1.82) is 0 Å². The summed E-state index contributed by atoms with van der Waals surface area (Å²) in [5, 5.41) is 30.3. The van der Waals surface area contributed by atoms with Crippen LogP contribution in [0.25, 0.3) is 0 Å². The van der Waals surface area contributed by atoms with Gasteiger partial charge in [0.25, 0.3) is 0 Å². The molecule has 1 saturated carbocycles. The second-order valence-corrected chi connectivity index (χ2v) is 4.79. The van der Waals surface area contributed by atoms with Crippen molar-refractivity contribution in [3.63, 3.8) is 0 Å². The van der Waals surface area contributed by atoms with Crippen LogP contribution in [0.1, 0.15) is 26.7 Å². The predicted molar refractivity (Wildman–Crippen MR) is 54.5 cm³/mol. The third kappa shape index (κ3) is 2.90. The summed E-state index contributed by atoms with van der Waals surface area (Å²) >= 11 is 0. The van der Waals surface area contributed by atoms with Crippen molar-refractivity contribution in [2.24, 2.45) is 5.41 Å². The monoisotopic (exact) mass is 217 g/mol. The van der Waals surface area contributed by atoms with Crippen LogP contribution in [-0.2, 0) is 4.79 Å². The van der Waals surface area contributed by atoms with Crippen molar-refractivity contribution in [1.82, 2.24) is 5.32 Å². The maximum absolute atomic E-state index is 10.3. The maximum atomic E-state index is 10.3. The predicted octanol–water partition coefficient (Wildman–Crippen LogP) is -0.429. The van der Waals surface area contributed by atoms with E-state index in [0.717, 1.165) is 0 Å². The Morgan fingerprint density at radius 2 is 2.20 bits per heavy atom. The summed E-state index contributed by atoms with van der Waals surface area (Å²) in [6.07, 6.45) is -0.766. The summed E-state index contributed by atoms with van der Waals surface area (Å²) in [5.41, 5.74) is -0.192. The number of carboxylic acid groups (broad SMARTS) is 1. The smallest absolute Gasteiger partial charge is 0.306 e. The molecule has 88 valence electrons. The molecule has 1 rings (SSSR count). The molecule has 4 N–H and O–H groups in total. The van der Waals surface area contributed by atoms with Crippen molar-refractivity contribution in [2.45, 2.75) is 44.9 Å². The zero-order chi connectivity index (χ0) is 11.6. The molecule has 5 nitrogen and oxygen atoms in total. The van der Waals surface area contributed by atoms with E-state index in [4.69, 9.17) is 5.11 Å². The number of aliphatic carboxylic acids is 1. The lowest BCUT2D eigenvalue weighted by atomic mass is 9.64. The van der Waals surface area contributed by atoms with Gasteiger partial charge < -0.3 is 20.6 Å². The minimum atomic E-state index is -1.00. The lowest BCUT2D eigenvalue weighted by molar-refractivity contribution is -0.139. The van der Waals surface area contributed by atoms with Gasteiger partial charge in [0.2, 0.25) is 0 Å². The standard InChI is InChI=1S/C10H19NO4/c1-10(2)7(4-8(10)13)11-5-6(12)3-9(14)15/h6-8,11-13H,3-5H2,1-2H3,(H,14,15). The highest BCUT2D eigenvalue weighted by Gasteiger charge is 2.46. The van der Waals surface area contributed by atoms with Crippen LogP contribution in [0.4, 0.5) is 0 Å². The van der Waals surface area contributed by atoms with Crippen LogP contribution in [0.15, 0.2) is 0 Å². The first-order valence-electron chi connectivity index (χ1n) is 5.15. The first kappa shape index (κ1) is 12.4. The van der Waals surface area contributed by atoms with E-state index in [-0.39, 0.29) is 30.5 Å². The normalized spacial score (nSPS) is 30.7. The molecule has 0 radical (unpaired) electrons. The molecule has 1 aliphatic carbocycles. The second-order valence-electron chi connectivity index (χ2n) is 4.79. The fourth-order valence-electron chi connectivity index (χ4n) is 1.80. The lowest BCUT2D eigenvalue weighted by Crippen LogP contribution is -2.60. The molecule has 0 heterocycles. The highest BCUT2D eigenvalue weighted by atomic mass is 16.4. The summed E-state index contributed by atoms with van der Waals surface area (Å²) in [7, 11) is 0. The first-order chi connectivity index (χ1) is 6.84. The number of rotatable bonds is 5. The average Bonchev–Trinajstić information content (AvgIpc) is 2.10. The van der Waals surface area contributed by atoms with Crippen LogP contribution in [0.3, 0.4) is 0 Å². The summed E-state index contributed by atoms with van der Waals surface area (Å²) in [6.45, 7) is 4.15. The quantitative estimate of drug-likeness (QED) is 0.502. The summed E-state index contributed by atoms with van der Waals surface area (Å²) < 4.78 is 0. The van der Waals surface area contributed by atoms with Gasteiger partial charge in [-0.25, -0.2) is 0 Å². The average molecular weight is 217 g/mol. The van der Waals surface area contributed by atoms with E-state index < -0.39 is 12.1 Å². The van der Waals surface area contributed by atoms with Gasteiger partial charge in [0.1, 0.15) is 0 Å². The molecule has 3 atom stereocenters. The van der Waals surface area contributed by atoms with Crippen LogP contribution >= 0.6 is 0 Å². The van der Waals surface area contributed by atoms with Crippen LogP contribution in [0, 0.1) is 5.41 Å². The topological polar surface area (TPSA) is 89.8 Å². The van der Waals surface area contributed by atoms with Crippen molar-refractivity contribution in [2.75, 3.05) is 6.54 Å². The Balaban J connectivity index is 2.24. The molecule has 0 bridgehead atoms. The SMILES string of the molecule is CC1(C)C(O)CC1NCC(O)CC(=O)O. The number of aliphatic hydroxyl groups excluding tert-OH is 2. The van der Waals surface area contributed by atoms with Crippen molar-refractivity contribution in [3.8, 4) is 0 Å². The molecular weight excluding hydrogens is 198 g/mol. The fraction of sp³-hybridized carbons (Fsp3) is 0.900. The van der Waals surface area contributed by atoms with Gasteiger partial charge in [-0.1, -0.05) is 13.8 Å². The molecule has 0 aromatic carbocycles. The van der Waals surface area contributed by atoms with E-state index in [2.05, 4.69) is 5.32 Å². The zero-order valence-electron chi connectivity index (χ0n) is 9.10. The van der Waals surface area contributed by atoms with Gasteiger partial charge >= 0.3 is 5.97 Å². The van der Waals surface area contributed by atoms with Gasteiger partial charge in [-0.05, 0) is 6.42 Å². The Labute approximate surface area is 89.1 Å². The Morgan fingerprint density at radius 1 is 1.60 bits per heavy atom. The van der Waals surface area contributed by atoms with Gasteiger partial charge in [-0.3, -0.25) is 4.79 Å². The minimum Gasteiger partial charge on any atom is -0.481 e. The van der Waals surface area contributed by atoms with Gasteiger partial charge in [0.15, 0.2) is 0 Å². The number of hydrogen-bond acceptors (Lipinski definition) is 4. The summed E-state index contributed by atoms with van der Waals surface area (Å²) in [4.78, 5) is 10.3. The molecule has 5 heteroatoms. The van der Waals surface area contributed by atoms with E-state index in [0.29, 0.717) is 6.42 Å². The Morgan fingerprint density at radius 3 is 2.60 bits per heavy atom. The molecule has 0 aliphatic heterocycles. The minimum absolute atomic E-state index is 0.149. The zero-order valence-corrected chi connectivity index (χ0v) is 9.10. The van der Waals surface area contributed by atoms with Crippen molar-refractivity contribution in [3.05, 3.63) is 0 Å². The molecule has 0 saturated heterocycles. The molecule has 0 spiro atoms. The maximum Gasteiger partial charge on any atom is 0.306 e. The summed E-state index contributed by atoms with van der Waals surface area (Å²) in [6, 6.07) is 0.149. The van der Waals surface area contributed by atoms with E-state index >= 15 is 0 Å². The first-order valence-corrected chi connectivity index (χ1v) is 5.15. The fourth-order valence-corrected chi connectivity index (χ4v) is 1.80. The van der Waals surface area contributed by atoms with Gasteiger partial charge in [0, 0.05) is 18.0 Å². The highest BCUT2D eigenvalue weighted by Crippen LogP contribution is 2.40. The van der Waals surface area contributed by atoms with Crippen LogP contribution < -0.4 is 5.32 Å². The number of carbonyl (C=O) groups is 1. The summed E-state index contributed by atoms with van der Waals surface area (Å²) in [5.74, 6) is -1.00. The molecular formula is C10H19NO4. The molecule has 15 heavy (non-hydrogen) atoms. The van der Waals surface area contributed by atoms with E-state index in [1.54, 1.807) is 0 Å². The molecule has 1 fully saturated rings. The Bertz CT molecular complexity index is 242. The Kier molecular flexibility index (Phi) is 3.70. The molecule has 0 amide bonds. The van der Waals surface area contributed by atoms with E-state index in [9.17, 15) is 15.0 Å². The largest absolute Gasteiger partial charge is 0.481 e. The van der Waals surface area contributed by atoms with Crippen LogP contribution in [0.2, 0.25) is 0 Å². The molecule has 3 unspecified atom stereocenters. The highest BCUT2D eigenvalue weighted by molar-refractivity contribution is 5.67. The van der Waals surface area contributed by atoms with Crippen molar-refractivity contribution < 1.29 is 20.1 Å². The van der Waals surface area contributed by atoms with Crippen LogP contribution in [-0.4, -0.2) is 46.1 Å². The molecule has 0 aromatic rings. The Hall–Kier alpha value is -0.650. The molecule has 0 aromatic heterocycles. The number of nitrogens with one attached hydrogen (secondary N) is 1. The number of hydrogen-bond donors (Lipinski definition) is 4. The van der Waals surface area contributed by atoms with Gasteiger partial charge in [0.05, 0.1) is 18.6 Å². The van der Waals surface area contributed by atoms with Crippen LogP contribution in [0.5, 0.6) is 0 Å². The molecule has 1 aliphatic rings. The second kappa shape index (κ2) is 4.47. The third-order valence-electron chi connectivity index (χ3n) is 3.23. The number of aliphatic hydroxyl groups is 2. The number of carboxylic acids is 1. The third-order valence-corrected chi connectivity index (χ3v) is 3.23. The van der Waals surface area contributed by atoms with E-state index in [1.165, 1.54) is 0 Å². The van der Waals surface area contributed by atoms with Gasteiger partial charge in [-0.2, -0.15) is 0 Å². The van der Waals surface area contributed by atoms with Gasteiger partial charge in [-0.15, -0.1) is 0 Å². The van der Waals surface area contributed by atoms with Crippen molar-refractivity contribution >= 4 is 5.97 Å². The lowest BCUT2D eigenvalue weighted by Gasteiger charge is -2.49.